The zero-order valence-corrected chi connectivity index (χ0v) is 15.3. The highest BCUT2D eigenvalue weighted by atomic mass is 16.5. The van der Waals surface area contributed by atoms with Crippen LogP contribution in [0, 0.1) is 0 Å². The largest absolute Gasteiger partial charge is 0.361 e. The third-order valence-corrected chi connectivity index (χ3v) is 5.14. The Morgan fingerprint density at radius 2 is 1.89 bits per heavy atom. The van der Waals surface area contributed by atoms with E-state index in [9.17, 15) is 4.79 Å². The van der Waals surface area contributed by atoms with Crippen molar-refractivity contribution >= 4 is 16.8 Å². The van der Waals surface area contributed by atoms with Gasteiger partial charge in [-0.05, 0) is 29.2 Å². The summed E-state index contributed by atoms with van der Waals surface area (Å²) in [6.07, 6.45) is 1.22. The molecule has 1 saturated heterocycles. The Kier molecular flexibility index (Phi) is 4.68. The fraction of sp³-hybridized carbons (Fsp3) is 0.217. The molecule has 4 rings (SSSR count). The van der Waals surface area contributed by atoms with Crippen LogP contribution in [-0.4, -0.2) is 28.1 Å². The van der Waals surface area contributed by atoms with Gasteiger partial charge in [0.15, 0.2) is 6.10 Å². The minimum absolute atomic E-state index is 0.0200. The lowest BCUT2D eigenvalue weighted by atomic mass is 9.93. The van der Waals surface area contributed by atoms with Crippen LogP contribution in [0.25, 0.3) is 10.9 Å². The van der Waals surface area contributed by atoms with E-state index in [0.717, 1.165) is 16.8 Å². The maximum atomic E-state index is 12.8. The standard InChI is InChI=1S/C23H22N2O2/c1-3-4-14-27-22-21(20-15-18-12-8-9-13-19(18)24(20)2)25(23(22)26)16-17-10-6-5-7-11-17/h4-13,15,21-22H,1,14,16H2,2H3. The smallest absolute Gasteiger partial charge is 0.255 e. The topological polar surface area (TPSA) is 34.5 Å². The second-order valence-electron chi connectivity index (χ2n) is 6.75. The van der Waals surface area contributed by atoms with E-state index in [1.807, 2.05) is 54.4 Å². The van der Waals surface area contributed by atoms with Gasteiger partial charge in [-0.25, -0.2) is 0 Å². The molecule has 2 aromatic carbocycles. The summed E-state index contributed by atoms with van der Waals surface area (Å²) in [5.74, 6) is 0.0200. The van der Waals surface area contributed by atoms with Crippen molar-refractivity contribution in [2.45, 2.75) is 18.7 Å². The molecule has 136 valence electrons. The second-order valence-corrected chi connectivity index (χ2v) is 6.75. The molecule has 1 amide bonds. The van der Waals surface area contributed by atoms with Crippen LogP contribution in [0.5, 0.6) is 0 Å². The van der Waals surface area contributed by atoms with Crippen molar-refractivity contribution in [3.05, 3.63) is 90.3 Å². The van der Waals surface area contributed by atoms with Crippen molar-refractivity contribution < 1.29 is 9.53 Å². The Labute approximate surface area is 159 Å². The van der Waals surface area contributed by atoms with Crippen LogP contribution in [0.15, 0.2) is 79.0 Å². The zero-order chi connectivity index (χ0) is 18.8. The molecule has 1 fully saturated rings. The number of amides is 1. The van der Waals surface area contributed by atoms with Crippen LogP contribution in [-0.2, 0) is 23.1 Å². The van der Waals surface area contributed by atoms with Crippen LogP contribution in [0.2, 0.25) is 0 Å². The van der Waals surface area contributed by atoms with Gasteiger partial charge in [-0.2, -0.15) is 0 Å². The molecule has 3 aromatic rings. The molecule has 1 aliphatic heterocycles. The Hall–Kier alpha value is -3.07. The lowest BCUT2D eigenvalue weighted by Gasteiger charge is -2.46. The number of likely N-dealkylation sites (tertiary alicyclic amines) is 1. The molecule has 27 heavy (non-hydrogen) atoms. The van der Waals surface area contributed by atoms with E-state index in [2.05, 4.69) is 35.1 Å². The number of aryl methyl sites for hydroxylation is 1. The molecule has 2 atom stereocenters. The summed E-state index contributed by atoms with van der Waals surface area (Å²) >= 11 is 0. The maximum Gasteiger partial charge on any atom is 0.255 e. The number of fused-ring (bicyclic) bond motifs is 1. The SMILES string of the molecule is C=C=CCOC1C(=O)N(Cc2ccccc2)C1c1cc2ccccc2n1C. The summed E-state index contributed by atoms with van der Waals surface area (Å²) in [5.41, 5.74) is 6.04. The Morgan fingerprint density at radius 3 is 2.63 bits per heavy atom. The normalized spacial score (nSPS) is 19.0. The van der Waals surface area contributed by atoms with Crippen LogP contribution >= 0.6 is 0 Å². The van der Waals surface area contributed by atoms with Gasteiger partial charge in [0, 0.05) is 24.8 Å². The van der Waals surface area contributed by atoms with E-state index in [0.29, 0.717) is 13.2 Å². The molecule has 0 aliphatic carbocycles. The molecule has 0 radical (unpaired) electrons. The van der Waals surface area contributed by atoms with Crippen molar-refractivity contribution in [1.82, 2.24) is 9.47 Å². The fourth-order valence-corrected chi connectivity index (χ4v) is 3.76. The summed E-state index contributed by atoms with van der Waals surface area (Å²) in [6.45, 7) is 4.46. The first-order chi connectivity index (χ1) is 13.2. The number of nitrogens with zero attached hydrogens (tertiary/aromatic N) is 2. The van der Waals surface area contributed by atoms with E-state index >= 15 is 0 Å². The van der Waals surface area contributed by atoms with Crippen molar-refractivity contribution in [3.63, 3.8) is 0 Å². The van der Waals surface area contributed by atoms with Gasteiger partial charge >= 0.3 is 0 Å². The van der Waals surface area contributed by atoms with Crippen LogP contribution < -0.4 is 0 Å². The fourth-order valence-electron chi connectivity index (χ4n) is 3.76. The highest BCUT2D eigenvalue weighted by Gasteiger charge is 2.50. The van der Waals surface area contributed by atoms with Crippen LogP contribution in [0.4, 0.5) is 0 Å². The molecule has 1 aromatic heterocycles. The molecule has 0 spiro atoms. The number of carbonyl (C=O) groups is 1. The Morgan fingerprint density at radius 1 is 1.15 bits per heavy atom. The maximum absolute atomic E-state index is 12.8. The molecule has 0 saturated carbocycles. The lowest BCUT2D eigenvalue weighted by Crippen LogP contribution is -2.59. The molecule has 4 heteroatoms. The van der Waals surface area contributed by atoms with Gasteiger partial charge in [-0.3, -0.25) is 4.79 Å². The Balaban J connectivity index is 1.69. The average Bonchev–Trinajstić information content (AvgIpc) is 3.03. The number of para-hydroxylation sites is 1. The number of hydrogen-bond acceptors (Lipinski definition) is 2. The molecule has 2 unspecified atom stereocenters. The van der Waals surface area contributed by atoms with E-state index in [1.54, 1.807) is 6.08 Å². The summed E-state index contributed by atoms with van der Waals surface area (Å²) < 4.78 is 8.01. The Bertz CT molecular complexity index is 1020. The molecular weight excluding hydrogens is 336 g/mol. The predicted octanol–water partition coefficient (Wildman–Crippen LogP) is 3.99. The number of ether oxygens (including phenoxy) is 1. The van der Waals surface area contributed by atoms with E-state index in [-0.39, 0.29) is 11.9 Å². The summed E-state index contributed by atoms with van der Waals surface area (Å²) in [7, 11) is 2.04. The van der Waals surface area contributed by atoms with E-state index in [4.69, 9.17) is 4.74 Å². The van der Waals surface area contributed by atoms with Gasteiger partial charge in [0.2, 0.25) is 0 Å². The first-order valence-corrected chi connectivity index (χ1v) is 9.05. The highest BCUT2D eigenvalue weighted by Crippen LogP contribution is 2.40. The zero-order valence-electron chi connectivity index (χ0n) is 15.3. The molecule has 0 bridgehead atoms. The monoisotopic (exact) mass is 358 g/mol. The predicted molar refractivity (Wildman–Crippen MR) is 106 cm³/mol. The van der Waals surface area contributed by atoms with E-state index in [1.165, 1.54) is 5.39 Å². The average molecular weight is 358 g/mol. The van der Waals surface area contributed by atoms with Gasteiger partial charge in [0.25, 0.3) is 5.91 Å². The summed E-state index contributed by atoms with van der Waals surface area (Å²) in [5, 5.41) is 1.17. The molecule has 1 aliphatic rings. The molecule has 0 N–H and O–H groups in total. The number of rotatable bonds is 6. The lowest BCUT2D eigenvalue weighted by molar-refractivity contribution is -0.175. The molecule has 2 heterocycles. The summed E-state index contributed by atoms with van der Waals surface area (Å²) in [6, 6.07) is 20.3. The quantitative estimate of drug-likeness (QED) is 0.493. The second kappa shape index (κ2) is 7.28. The minimum atomic E-state index is -0.485. The third kappa shape index (κ3) is 3.10. The van der Waals surface area contributed by atoms with Crippen molar-refractivity contribution in [2.75, 3.05) is 6.61 Å². The van der Waals surface area contributed by atoms with E-state index < -0.39 is 6.10 Å². The number of β-lactam (4-membered cyclic amide) rings is 1. The minimum Gasteiger partial charge on any atom is -0.361 e. The number of carbonyl (C=O) groups excluding carboxylic acids is 1. The first-order valence-electron chi connectivity index (χ1n) is 9.05. The summed E-state index contributed by atoms with van der Waals surface area (Å²) in [4.78, 5) is 14.7. The van der Waals surface area contributed by atoms with Gasteiger partial charge in [-0.15, -0.1) is 5.73 Å². The highest BCUT2D eigenvalue weighted by molar-refractivity contribution is 5.90. The van der Waals surface area contributed by atoms with Gasteiger partial charge in [-0.1, -0.05) is 55.1 Å². The van der Waals surface area contributed by atoms with Crippen molar-refractivity contribution in [2.24, 2.45) is 7.05 Å². The van der Waals surface area contributed by atoms with Crippen molar-refractivity contribution in [1.29, 1.82) is 0 Å². The number of aromatic nitrogens is 1. The first kappa shape index (κ1) is 17.3. The van der Waals surface area contributed by atoms with Gasteiger partial charge < -0.3 is 14.2 Å². The number of benzene rings is 2. The third-order valence-electron chi connectivity index (χ3n) is 5.14. The van der Waals surface area contributed by atoms with Crippen LogP contribution in [0.3, 0.4) is 0 Å². The molecular formula is C23H22N2O2. The van der Waals surface area contributed by atoms with Crippen LogP contribution in [0.1, 0.15) is 17.3 Å². The van der Waals surface area contributed by atoms with Crippen molar-refractivity contribution in [3.8, 4) is 0 Å². The van der Waals surface area contributed by atoms with Gasteiger partial charge in [0.1, 0.15) is 6.04 Å². The van der Waals surface area contributed by atoms with Gasteiger partial charge in [0.05, 0.1) is 6.61 Å². The molecule has 4 nitrogen and oxygen atoms in total. The number of hydrogen-bond donors (Lipinski definition) is 0.